The van der Waals surface area contributed by atoms with Gasteiger partial charge in [-0.05, 0) is 12.0 Å². The van der Waals surface area contributed by atoms with Crippen molar-refractivity contribution in [2.75, 3.05) is 26.8 Å². The molecule has 1 saturated heterocycles. The van der Waals surface area contributed by atoms with Gasteiger partial charge in [-0.25, -0.2) is 0 Å². The van der Waals surface area contributed by atoms with Crippen molar-refractivity contribution in [1.82, 2.24) is 4.90 Å². The van der Waals surface area contributed by atoms with Crippen LogP contribution >= 0.6 is 12.2 Å². The van der Waals surface area contributed by atoms with Crippen LogP contribution in [0.25, 0.3) is 0 Å². The van der Waals surface area contributed by atoms with Gasteiger partial charge in [0.15, 0.2) is 0 Å². The van der Waals surface area contributed by atoms with Crippen molar-refractivity contribution >= 4 is 23.1 Å². The van der Waals surface area contributed by atoms with Gasteiger partial charge in [0.2, 0.25) is 5.91 Å². The summed E-state index contributed by atoms with van der Waals surface area (Å²) in [5, 5.41) is 0. The molecular formula is C15H20N2O2S. The minimum absolute atomic E-state index is 0.00213. The molecule has 0 aliphatic carbocycles. The fraction of sp³-hybridized carbons (Fsp3) is 0.467. The summed E-state index contributed by atoms with van der Waals surface area (Å²) in [6, 6.07) is 9.49. The Morgan fingerprint density at radius 3 is 2.80 bits per heavy atom. The first kappa shape index (κ1) is 14.9. The second-order valence-electron chi connectivity index (χ2n) is 5.14. The van der Waals surface area contributed by atoms with Gasteiger partial charge in [-0.3, -0.25) is 4.79 Å². The van der Waals surface area contributed by atoms with Gasteiger partial charge in [-0.15, -0.1) is 0 Å². The zero-order chi connectivity index (χ0) is 14.5. The third kappa shape index (κ3) is 3.35. The molecule has 5 heteroatoms. The number of hydrogen-bond acceptors (Lipinski definition) is 3. The molecule has 0 bridgehead atoms. The first-order valence-corrected chi connectivity index (χ1v) is 7.16. The van der Waals surface area contributed by atoms with Gasteiger partial charge in [0, 0.05) is 26.1 Å². The number of benzene rings is 1. The fourth-order valence-corrected chi connectivity index (χ4v) is 2.90. The monoisotopic (exact) mass is 292 g/mol. The number of hydrogen-bond donors (Lipinski definition) is 1. The van der Waals surface area contributed by atoms with Crippen molar-refractivity contribution in [3.63, 3.8) is 0 Å². The number of methoxy groups -OCH3 is 1. The van der Waals surface area contributed by atoms with E-state index in [-0.39, 0.29) is 10.9 Å². The van der Waals surface area contributed by atoms with Crippen molar-refractivity contribution in [1.29, 1.82) is 0 Å². The molecule has 1 heterocycles. The number of thiocarbonyl (C=S) groups is 1. The molecule has 1 aliphatic rings. The van der Waals surface area contributed by atoms with Crippen LogP contribution in [0, 0.1) is 5.92 Å². The molecule has 0 spiro atoms. The van der Waals surface area contributed by atoms with Crippen molar-refractivity contribution in [3.8, 4) is 0 Å². The molecule has 0 saturated carbocycles. The molecule has 0 aromatic heterocycles. The van der Waals surface area contributed by atoms with Crippen molar-refractivity contribution < 1.29 is 9.53 Å². The topological polar surface area (TPSA) is 55.6 Å². The lowest BCUT2D eigenvalue weighted by atomic mass is 9.97. The molecule has 1 amide bonds. The number of ether oxygens (including phenoxy) is 1. The minimum atomic E-state index is -0.521. The number of amides is 1. The van der Waals surface area contributed by atoms with E-state index in [1.54, 1.807) is 7.11 Å². The zero-order valence-corrected chi connectivity index (χ0v) is 12.4. The third-order valence-corrected chi connectivity index (χ3v) is 3.90. The largest absolute Gasteiger partial charge is 0.392 e. The molecule has 20 heavy (non-hydrogen) atoms. The molecule has 1 fully saturated rings. The summed E-state index contributed by atoms with van der Waals surface area (Å²) >= 11 is 5.10. The summed E-state index contributed by atoms with van der Waals surface area (Å²) in [4.78, 5) is 14.7. The van der Waals surface area contributed by atoms with Crippen molar-refractivity contribution in [2.24, 2.45) is 11.7 Å². The molecule has 108 valence electrons. The van der Waals surface area contributed by atoms with Crippen LogP contribution in [0.1, 0.15) is 17.9 Å². The fourth-order valence-electron chi connectivity index (χ4n) is 2.66. The van der Waals surface area contributed by atoms with E-state index < -0.39 is 5.92 Å². The molecule has 4 nitrogen and oxygen atoms in total. The van der Waals surface area contributed by atoms with E-state index in [0.717, 1.165) is 25.1 Å². The van der Waals surface area contributed by atoms with Gasteiger partial charge in [-0.2, -0.15) is 0 Å². The maximum absolute atomic E-state index is 12.7. The van der Waals surface area contributed by atoms with Gasteiger partial charge in [-0.1, -0.05) is 42.5 Å². The molecule has 1 aromatic carbocycles. The predicted molar refractivity (Wildman–Crippen MR) is 82.5 cm³/mol. The number of carbonyl (C=O) groups is 1. The maximum atomic E-state index is 12.7. The predicted octanol–water partition coefficient (Wildman–Crippen LogP) is 1.55. The Labute approximate surface area is 124 Å². The van der Waals surface area contributed by atoms with Gasteiger partial charge in [0.25, 0.3) is 0 Å². The average molecular weight is 292 g/mol. The minimum Gasteiger partial charge on any atom is -0.392 e. The highest BCUT2D eigenvalue weighted by Crippen LogP contribution is 2.24. The van der Waals surface area contributed by atoms with Crippen LogP contribution in [0.5, 0.6) is 0 Å². The van der Waals surface area contributed by atoms with Gasteiger partial charge < -0.3 is 15.4 Å². The van der Waals surface area contributed by atoms with Crippen LogP contribution in [-0.4, -0.2) is 42.6 Å². The van der Waals surface area contributed by atoms with Crippen LogP contribution in [0.4, 0.5) is 0 Å². The molecule has 2 unspecified atom stereocenters. The molecule has 1 aliphatic heterocycles. The van der Waals surface area contributed by atoms with Crippen LogP contribution in [0.2, 0.25) is 0 Å². The Kier molecular flexibility index (Phi) is 5.09. The summed E-state index contributed by atoms with van der Waals surface area (Å²) < 4.78 is 5.16. The summed E-state index contributed by atoms with van der Waals surface area (Å²) in [6.45, 7) is 2.16. The lowest BCUT2D eigenvalue weighted by Crippen LogP contribution is -2.38. The zero-order valence-electron chi connectivity index (χ0n) is 11.6. The van der Waals surface area contributed by atoms with Crippen LogP contribution in [0.3, 0.4) is 0 Å². The van der Waals surface area contributed by atoms with Gasteiger partial charge >= 0.3 is 0 Å². The van der Waals surface area contributed by atoms with E-state index in [0.29, 0.717) is 12.5 Å². The number of rotatable bonds is 5. The molecule has 2 N–H and O–H groups in total. The molecule has 2 rings (SSSR count). The Morgan fingerprint density at radius 2 is 2.20 bits per heavy atom. The summed E-state index contributed by atoms with van der Waals surface area (Å²) in [5.74, 6) is -0.110. The third-order valence-electron chi connectivity index (χ3n) is 3.66. The van der Waals surface area contributed by atoms with Crippen molar-refractivity contribution in [2.45, 2.75) is 12.3 Å². The highest BCUT2D eigenvalue weighted by Gasteiger charge is 2.32. The van der Waals surface area contributed by atoms with Gasteiger partial charge in [0.1, 0.15) is 5.92 Å². The molecule has 2 atom stereocenters. The Morgan fingerprint density at radius 1 is 1.50 bits per heavy atom. The summed E-state index contributed by atoms with van der Waals surface area (Å²) in [5.41, 5.74) is 6.65. The highest BCUT2D eigenvalue weighted by atomic mass is 32.1. The second-order valence-corrected chi connectivity index (χ2v) is 5.61. The number of nitrogens with two attached hydrogens (primary N) is 1. The van der Waals surface area contributed by atoms with E-state index in [1.807, 2.05) is 35.2 Å². The SMILES string of the molecule is COCC1CCN(C(=O)C(C(N)=S)c2ccccc2)C1. The van der Waals surface area contributed by atoms with Crippen LogP contribution in [-0.2, 0) is 9.53 Å². The van der Waals surface area contributed by atoms with E-state index in [9.17, 15) is 4.79 Å². The quantitative estimate of drug-likeness (QED) is 0.837. The number of carbonyl (C=O) groups excluding carboxylic acids is 1. The Bertz CT molecular complexity index is 478. The standard InChI is InChI=1S/C15H20N2O2S/c1-19-10-11-7-8-17(9-11)15(18)13(14(16)20)12-5-3-2-4-6-12/h2-6,11,13H,7-10H2,1H3,(H2,16,20). The normalized spacial score (nSPS) is 19.9. The Hall–Kier alpha value is -1.46. The Balaban J connectivity index is 2.11. The van der Waals surface area contributed by atoms with E-state index in [1.165, 1.54) is 0 Å². The lowest BCUT2D eigenvalue weighted by Gasteiger charge is -2.23. The van der Waals surface area contributed by atoms with E-state index in [2.05, 4.69) is 0 Å². The van der Waals surface area contributed by atoms with Crippen LogP contribution < -0.4 is 5.73 Å². The molecule has 0 radical (unpaired) electrons. The first-order chi connectivity index (χ1) is 9.63. The second kappa shape index (κ2) is 6.81. The van der Waals surface area contributed by atoms with Crippen LogP contribution in [0.15, 0.2) is 30.3 Å². The highest BCUT2D eigenvalue weighted by molar-refractivity contribution is 7.80. The number of likely N-dealkylation sites (tertiary alicyclic amines) is 1. The van der Waals surface area contributed by atoms with Gasteiger partial charge in [0.05, 0.1) is 11.6 Å². The van der Waals surface area contributed by atoms with E-state index in [4.69, 9.17) is 22.7 Å². The summed E-state index contributed by atoms with van der Waals surface area (Å²) in [6.07, 6.45) is 0.971. The maximum Gasteiger partial charge on any atom is 0.237 e. The molecular weight excluding hydrogens is 272 g/mol. The van der Waals surface area contributed by atoms with Crippen molar-refractivity contribution in [3.05, 3.63) is 35.9 Å². The smallest absolute Gasteiger partial charge is 0.237 e. The molecule has 1 aromatic rings. The average Bonchev–Trinajstić information content (AvgIpc) is 2.89. The summed E-state index contributed by atoms with van der Waals surface area (Å²) in [7, 11) is 1.69. The van der Waals surface area contributed by atoms with E-state index >= 15 is 0 Å². The first-order valence-electron chi connectivity index (χ1n) is 6.75. The lowest BCUT2D eigenvalue weighted by molar-refractivity contribution is -0.130. The number of nitrogens with zero attached hydrogens (tertiary/aromatic N) is 1.